The van der Waals surface area contributed by atoms with Crippen molar-refractivity contribution in [3.63, 3.8) is 0 Å². The molecule has 6 nitrogen and oxygen atoms in total. The van der Waals surface area contributed by atoms with Gasteiger partial charge in [-0.25, -0.2) is 4.79 Å². The Bertz CT molecular complexity index is 433. The van der Waals surface area contributed by atoms with Gasteiger partial charge in [0.05, 0.1) is 11.5 Å². The van der Waals surface area contributed by atoms with Crippen LogP contribution in [0.15, 0.2) is 12.1 Å². The summed E-state index contributed by atoms with van der Waals surface area (Å²) in [6.45, 7) is 5.73. The van der Waals surface area contributed by atoms with Gasteiger partial charge in [0.25, 0.3) is 0 Å². The maximum atomic E-state index is 11.8. The molecule has 0 aliphatic rings. The third kappa shape index (κ3) is 4.45. The van der Waals surface area contributed by atoms with Gasteiger partial charge in [-0.05, 0) is 33.1 Å². The quantitative estimate of drug-likeness (QED) is 0.801. The molecule has 1 heterocycles. The van der Waals surface area contributed by atoms with Crippen molar-refractivity contribution in [1.29, 1.82) is 0 Å². The summed E-state index contributed by atoms with van der Waals surface area (Å²) in [6, 6.07) is 2.49. The highest BCUT2D eigenvalue weighted by molar-refractivity contribution is 5.72. The highest BCUT2D eigenvalue weighted by Crippen LogP contribution is 2.21. The van der Waals surface area contributed by atoms with Crippen molar-refractivity contribution >= 4 is 5.97 Å². The molecule has 0 saturated carbocycles. The van der Waals surface area contributed by atoms with Gasteiger partial charge >= 0.3 is 5.97 Å². The fourth-order valence-electron chi connectivity index (χ4n) is 1.73. The minimum atomic E-state index is -0.498. The van der Waals surface area contributed by atoms with E-state index >= 15 is 0 Å². The molecule has 6 heteroatoms. The van der Waals surface area contributed by atoms with Gasteiger partial charge < -0.3 is 19.8 Å². The average molecular weight is 285 g/mol. The number of carbonyl (C=O) groups excluding carboxylic acids is 1. The van der Waals surface area contributed by atoms with Crippen LogP contribution in [0.5, 0.6) is 11.8 Å². The molecule has 1 unspecified atom stereocenters. The average Bonchev–Trinajstić information content (AvgIpc) is 2.70. The molecule has 0 bridgehead atoms. The lowest BCUT2D eigenvalue weighted by molar-refractivity contribution is -0.150. The van der Waals surface area contributed by atoms with Crippen molar-refractivity contribution in [2.45, 2.75) is 45.6 Å². The number of aromatic hydroxyl groups is 2. The Morgan fingerprint density at radius 2 is 1.90 bits per heavy atom. The number of carbonyl (C=O) groups is 1. The van der Waals surface area contributed by atoms with Gasteiger partial charge in [-0.3, -0.25) is 0 Å². The standard InChI is InChI=1S/C14H23NO5/c1-10(6-5-9-14(2,3)19-4)13(18)20-15-11(16)7-8-12(15)17/h7-8,10,16-17H,5-6,9H2,1-4H3. The predicted octanol–water partition coefficient (Wildman–Crippen LogP) is 2.09. The van der Waals surface area contributed by atoms with E-state index in [1.165, 1.54) is 12.1 Å². The van der Waals surface area contributed by atoms with Crippen LogP contribution in [-0.2, 0) is 9.53 Å². The summed E-state index contributed by atoms with van der Waals surface area (Å²) in [4.78, 5) is 16.8. The second-order valence-corrected chi connectivity index (χ2v) is 5.51. The Kier molecular flexibility index (Phi) is 5.44. The van der Waals surface area contributed by atoms with Crippen molar-refractivity contribution in [2.75, 3.05) is 7.11 Å². The third-order valence-electron chi connectivity index (χ3n) is 3.35. The van der Waals surface area contributed by atoms with Crippen molar-refractivity contribution in [3.05, 3.63) is 12.1 Å². The topological polar surface area (TPSA) is 80.9 Å². The van der Waals surface area contributed by atoms with Gasteiger partial charge in [0.1, 0.15) is 0 Å². The molecule has 2 N–H and O–H groups in total. The summed E-state index contributed by atoms with van der Waals surface area (Å²) >= 11 is 0. The van der Waals surface area contributed by atoms with Crippen molar-refractivity contribution < 1.29 is 24.6 Å². The van der Waals surface area contributed by atoms with Crippen molar-refractivity contribution in [1.82, 2.24) is 4.73 Å². The summed E-state index contributed by atoms with van der Waals surface area (Å²) in [5.41, 5.74) is -0.208. The zero-order valence-electron chi connectivity index (χ0n) is 12.4. The molecule has 0 radical (unpaired) electrons. The molecule has 1 rings (SSSR count). The van der Waals surface area contributed by atoms with Gasteiger partial charge in [0, 0.05) is 19.2 Å². The number of ether oxygens (including phenoxy) is 1. The molecule has 0 fully saturated rings. The fraction of sp³-hybridized carbons (Fsp3) is 0.643. The normalized spacial score (nSPS) is 13.2. The van der Waals surface area contributed by atoms with Crippen LogP contribution in [0.4, 0.5) is 0 Å². The molecule has 0 spiro atoms. The number of methoxy groups -OCH3 is 1. The molecule has 1 aromatic heterocycles. The van der Waals surface area contributed by atoms with E-state index in [9.17, 15) is 15.0 Å². The van der Waals surface area contributed by atoms with Gasteiger partial charge in [-0.1, -0.05) is 6.92 Å². The van der Waals surface area contributed by atoms with Gasteiger partial charge in [0.15, 0.2) is 0 Å². The Balaban J connectivity index is 2.44. The fourth-order valence-corrected chi connectivity index (χ4v) is 1.73. The summed E-state index contributed by atoms with van der Waals surface area (Å²) in [5.74, 6) is -1.46. The second kappa shape index (κ2) is 6.65. The van der Waals surface area contributed by atoms with Crippen LogP contribution in [0.3, 0.4) is 0 Å². The van der Waals surface area contributed by atoms with E-state index < -0.39 is 5.97 Å². The van der Waals surface area contributed by atoms with E-state index in [-0.39, 0.29) is 23.3 Å². The summed E-state index contributed by atoms with van der Waals surface area (Å²) in [5, 5.41) is 18.8. The first-order valence-electron chi connectivity index (χ1n) is 6.64. The second-order valence-electron chi connectivity index (χ2n) is 5.51. The van der Waals surface area contributed by atoms with E-state index in [0.717, 1.165) is 12.8 Å². The van der Waals surface area contributed by atoms with E-state index in [4.69, 9.17) is 9.57 Å². The summed E-state index contributed by atoms with van der Waals surface area (Å²) in [6.07, 6.45) is 2.30. The van der Waals surface area contributed by atoms with Crippen LogP contribution in [-0.4, -0.2) is 33.6 Å². The van der Waals surface area contributed by atoms with E-state index in [1.54, 1.807) is 14.0 Å². The lowest BCUT2D eigenvalue weighted by Gasteiger charge is -2.23. The lowest BCUT2D eigenvalue weighted by atomic mass is 9.97. The molecular weight excluding hydrogens is 262 g/mol. The molecule has 0 aliphatic heterocycles. The minimum Gasteiger partial charge on any atom is -0.492 e. The van der Waals surface area contributed by atoms with E-state index in [2.05, 4.69) is 0 Å². The predicted molar refractivity (Wildman–Crippen MR) is 73.5 cm³/mol. The van der Waals surface area contributed by atoms with Gasteiger partial charge in [0.2, 0.25) is 11.8 Å². The molecule has 1 aromatic rings. The Morgan fingerprint density at radius 1 is 1.35 bits per heavy atom. The van der Waals surface area contributed by atoms with Crippen LogP contribution < -0.4 is 4.84 Å². The van der Waals surface area contributed by atoms with Gasteiger partial charge in [-0.2, -0.15) is 0 Å². The molecule has 0 saturated heterocycles. The van der Waals surface area contributed by atoms with Crippen LogP contribution in [0.1, 0.15) is 40.0 Å². The van der Waals surface area contributed by atoms with Crippen molar-refractivity contribution in [3.8, 4) is 11.8 Å². The van der Waals surface area contributed by atoms with Crippen molar-refractivity contribution in [2.24, 2.45) is 5.92 Å². The molecular formula is C14H23NO5. The first kappa shape index (κ1) is 16.4. The first-order chi connectivity index (χ1) is 9.26. The molecule has 0 amide bonds. The number of nitrogens with zero attached hydrogens (tertiary/aromatic N) is 1. The Labute approximate surface area is 118 Å². The smallest absolute Gasteiger partial charge is 0.335 e. The highest BCUT2D eigenvalue weighted by Gasteiger charge is 2.21. The largest absolute Gasteiger partial charge is 0.492 e. The third-order valence-corrected chi connectivity index (χ3v) is 3.35. The molecule has 1 atom stereocenters. The molecule has 0 aliphatic carbocycles. The van der Waals surface area contributed by atoms with Crippen LogP contribution in [0, 0.1) is 5.92 Å². The molecule has 20 heavy (non-hydrogen) atoms. The van der Waals surface area contributed by atoms with Crippen LogP contribution >= 0.6 is 0 Å². The SMILES string of the molecule is COC(C)(C)CCCC(C)C(=O)On1c(O)ccc1O. The number of hydrogen-bond acceptors (Lipinski definition) is 5. The number of hydrogen-bond donors (Lipinski definition) is 2. The van der Waals surface area contributed by atoms with Crippen LogP contribution in [0.25, 0.3) is 0 Å². The molecule has 114 valence electrons. The number of rotatable bonds is 7. The van der Waals surface area contributed by atoms with Gasteiger partial charge in [-0.15, -0.1) is 4.73 Å². The maximum absolute atomic E-state index is 11.8. The summed E-state index contributed by atoms with van der Waals surface area (Å²) < 4.78 is 6.02. The maximum Gasteiger partial charge on any atom is 0.335 e. The highest BCUT2D eigenvalue weighted by atomic mass is 16.7. The van der Waals surface area contributed by atoms with E-state index in [0.29, 0.717) is 11.2 Å². The minimum absolute atomic E-state index is 0.208. The Morgan fingerprint density at radius 3 is 2.40 bits per heavy atom. The first-order valence-corrected chi connectivity index (χ1v) is 6.64. The zero-order valence-corrected chi connectivity index (χ0v) is 12.4. The van der Waals surface area contributed by atoms with Crippen LogP contribution in [0.2, 0.25) is 0 Å². The lowest BCUT2D eigenvalue weighted by Crippen LogP contribution is -2.26. The Hall–Kier alpha value is -1.69. The molecule has 0 aromatic carbocycles. The van der Waals surface area contributed by atoms with E-state index in [1.807, 2.05) is 13.8 Å². The zero-order chi connectivity index (χ0) is 15.3. The monoisotopic (exact) mass is 285 g/mol. The number of aromatic nitrogens is 1. The summed E-state index contributed by atoms with van der Waals surface area (Å²) in [7, 11) is 1.66.